The summed E-state index contributed by atoms with van der Waals surface area (Å²) >= 11 is 0. The van der Waals surface area contributed by atoms with Crippen LogP contribution in [-0.4, -0.2) is 29.6 Å². The summed E-state index contributed by atoms with van der Waals surface area (Å²) in [6, 6.07) is 0. The molecule has 2 aliphatic heterocycles. The molecule has 0 amide bonds. The van der Waals surface area contributed by atoms with Gasteiger partial charge >= 0.3 is 5.97 Å². The molecule has 1 N–H and O–H groups in total. The predicted octanol–water partition coefficient (Wildman–Crippen LogP) is 3.68. The number of hydrogen-bond acceptors (Lipinski definition) is 4. The number of methoxy groups -OCH3 is 1. The van der Waals surface area contributed by atoms with E-state index < -0.39 is 11.4 Å². The van der Waals surface area contributed by atoms with Crippen LogP contribution in [0.3, 0.4) is 0 Å². The van der Waals surface area contributed by atoms with Gasteiger partial charge in [0.2, 0.25) is 0 Å². The van der Waals surface area contributed by atoms with Gasteiger partial charge in [-0.2, -0.15) is 0 Å². The van der Waals surface area contributed by atoms with E-state index >= 15 is 0 Å². The van der Waals surface area contributed by atoms with Crippen LogP contribution < -0.4 is 0 Å². The van der Waals surface area contributed by atoms with Gasteiger partial charge in [-0.05, 0) is 54.9 Å². The first kappa shape index (κ1) is 17.5. The van der Waals surface area contributed by atoms with E-state index in [4.69, 9.17) is 9.47 Å². The van der Waals surface area contributed by atoms with Crippen molar-refractivity contribution in [2.45, 2.75) is 71.2 Å². The van der Waals surface area contributed by atoms with Crippen LogP contribution in [0.1, 0.15) is 59.8 Å². The monoisotopic (exact) mass is 348 g/mol. The lowest BCUT2D eigenvalue weighted by atomic mass is 9.42. The molecule has 4 heteroatoms. The van der Waals surface area contributed by atoms with E-state index in [2.05, 4.69) is 27.7 Å². The number of rotatable bonds is 2. The van der Waals surface area contributed by atoms with Gasteiger partial charge in [0, 0.05) is 11.5 Å². The smallest absolute Gasteiger partial charge is 0.334 e. The van der Waals surface area contributed by atoms with Crippen LogP contribution >= 0.6 is 0 Å². The summed E-state index contributed by atoms with van der Waals surface area (Å²) in [7, 11) is 1.44. The molecule has 0 radical (unpaired) electrons. The van der Waals surface area contributed by atoms with E-state index in [1.807, 2.05) is 6.08 Å². The van der Waals surface area contributed by atoms with Crippen molar-refractivity contribution < 1.29 is 19.4 Å². The van der Waals surface area contributed by atoms with Crippen molar-refractivity contribution in [2.75, 3.05) is 7.11 Å². The van der Waals surface area contributed by atoms with E-state index in [0.29, 0.717) is 23.3 Å². The Bertz CT molecular complexity index is 625. The average molecular weight is 348 g/mol. The highest BCUT2D eigenvalue weighted by molar-refractivity contribution is 5.90. The van der Waals surface area contributed by atoms with E-state index in [1.165, 1.54) is 13.5 Å². The number of ether oxygens (including phenoxy) is 2. The fourth-order valence-electron chi connectivity index (χ4n) is 7.02. The molecule has 0 aromatic heterocycles. The molecule has 2 saturated carbocycles. The number of carbonyl (C=O) groups excluding carboxylic acids is 1. The minimum atomic E-state index is -1.26. The van der Waals surface area contributed by atoms with Crippen molar-refractivity contribution in [3.63, 3.8) is 0 Å². The van der Waals surface area contributed by atoms with Crippen LogP contribution in [0, 0.1) is 35.0 Å². The summed E-state index contributed by atoms with van der Waals surface area (Å²) in [5, 5.41) is 11.9. The van der Waals surface area contributed by atoms with Crippen molar-refractivity contribution in [1.29, 1.82) is 0 Å². The van der Waals surface area contributed by atoms with Crippen molar-refractivity contribution in [1.82, 2.24) is 0 Å². The molecule has 0 aromatic carbocycles. The molecule has 25 heavy (non-hydrogen) atoms. The standard InChI is InChI=1S/C21H32O4/c1-12(2)15-8-9-19(4)16-7-6-13(3)10-20(16)11-14(18(22)24-5)17(19)21(15,23)25-20/h11-13,15-17,23H,6-10H2,1-5H3/t13-,15?,16+,17-,19+,20+,21?/m0/s1. The van der Waals surface area contributed by atoms with Crippen molar-refractivity contribution in [2.24, 2.45) is 35.0 Å². The first-order valence-electron chi connectivity index (χ1n) is 9.91. The number of esters is 1. The molecule has 7 atom stereocenters. The molecular weight excluding hydrogens is 316 g/mol. The summed E-state index contributed by atoms with van der Waals surface area (Å²) < 4.78 is 11.8. The van der Waals surface area contributed by atoms with Crippen LogP contribution in [0.15, 0.2) is 11.6 Å². The fourth-order valence-corrected chi connectivity index (χ4v) is 7.02. The van der Waals surface area contributed by atoms with E-state index in [1.54, 1.807) is 0 Å². The molecule has 2 heterocycles. The van der Waals surface area contributed by atoms with Crippen LogP contribution in [-0.2, 0) is 14.3 Å². The summed E-state index contributed by atoms with van der Waals surface area (Å²) in [5.41, 5.74) is 0.0403. The Morgan fingerprint density at radius 2 is 2.08 bits per heavy atom. The highest BCUT2D eigenvalue weighted by atomic mass is 16.6. The summed E-state index contributed by atoms with van der Waals surface area (Å²) in [5.74, 6) is -0.563. The average Bonchev–Trinajstić information content (AvgIpc) is 2.51. The highest BCUT2D eigenvalue weighted by Gasteiger charge is 2.73. The third-order valence-corrected chi connectivity index (χ3v) is 7.89. The topological polar surface area (TPSA) is 55.8 Å². The summed E-state index contributed by atoms with van der Waals surface area (Å²) in [6.45, 7) is 8.84. The fraction of sp³-hybridized carbons (Fsp3) is 0.857. The van der Waals surface area contributed by atoms with Gasteiger partial charge in [0.15, 0.2) is 5.79 Å². The van der Waals surface area contributed by atoms with E-state index in [-0.39, 0.29) is 23.2 Å². The van der Waals surface area contributed by atoms with E-state index in [9.17, 15) is 9.90 Å². The minimum absolute atomic E-state index is 0.0500. The Hall–Kier alpha value is -0.870. The Kier molecular flexibility index (Phi) is 3.73. The molecule has 2 unspecified atom stereocenters. The Morgan fingerprint density at radius 1 is 1.36 bits per heavy atom. The molecule has 3 fully saturated rings. The zero-order valence-electron chi connectivity index (χ0n) is 16.2. The zero-order chi connectivity index (χ0) is 18.2. The first-order chi connectivity index (χ1) is 11.7. The number of carbonyl (C=O) groups is 1. The molecule has 140 valence electrons. The van der Waals surface area contributed by atoms with Crippen LogP contribution in [0.2, 0.25) is 0 Å². The lowest BCUT2D eigenvalue weighted by molar-refractivity contribution is -0.404. The molecule has 3 aliphatic carbocycles. The summed E-state index contributed by atoms with van der Waals surface area (Å²) in [4.78, 5) is 12.6. The van der Waals surface area contributed by atoms with Crippen LogP contribution in [0.25, 0.3) is 0 Å². The van der Waals surface area contributed by atoms with Gasteiger partial charge < -0.3 is 14.6 Å². The lowest BCUT2D eigenvalue weighted by Crippen LogP contribution is -2.75. The van der Waals surface area contributed by atoms with Crippen LogP contribution in [0.5, 0.6) is 0 Å². The molecule has 4 nitrogen and oxygen atoms in total. The SMILES string of the molecule is COC(=O)C1=C[C@]23C[C@@H](C)CC[C@@H]2[C@@]2(C)CCC(C(C)C)C(O)(O3)[C@@H]12. The third kappa shape index (κ3) is 2.10. The quantitative estimate of drug-likeness (QED) is 0.774. The Morgan fingerprint density at radius 3 is 2.72 bits per heavy atom. The van der Waals surface area contributed by atoms with Gasteiger partial charge in [-0.15, -0.1) is 0 Å². The van der Waals surface area contributed by atoms with Gasteiger partial charge in [0.25, 0.3) is 0 Å². The summed E-state index contributed by atoms with van der Waals surface area (Å²) in [6.07, 6.45) is 7.24. The predicted molar refractivity (Wildman–Crippen MR) is 94.5 cm³/mol. The molecule has 0 aromatic rings. The van der Waals surface area contributed by atoms with Gasteiger partial charge in [0.05, 0.1) is 18.6 Å². The van der Waals surface area contributed by atoms with Crippen LogP contribution in [0.4, 0.5) is 0 Å². The zero-order valence-corrected chi connectivity index (χ0v) is 16.2. The number of aliphatic hydroxyl groups is 1. The van der Waals surface area contributed by atoms with Gasteiger partial charge in [-0.25, -0.2) is 4.79 Å². The maximum absolute atomic E-state index is 12.6. The van der Waals surface area contributed by atoms with Crippen molar-refractivity contribution in [3.8, 4) is 0 Å². The molecule has 4 bridgehead atoms. The maximum atomic E-state index is 12.6. The molecular formula is C21H32O4. The largest absolute Gasteiger partial charge is 0.466 e. The minimum Gasteiger partial charge on any atom is -0.466 e. The molecule has 1 spiro atoms. The van der Waals surface area contributed by atoms with Gasteiger partial charge in [-0.1, -0.05) is 34.1 Å². The second kappa shape index (κ2) is 5.32. The van der Waals surface area contributed by atoms with Gasteiger partial charge in [-0.3, -0.25) is 0 Å². The maximum Gasteiger partial charge on any atom is 0.334 e. The van der Waals surface area contributed by atoms with E-state index in [0.717, 1.165) is 25.7 Å². The Balaban J connectivity index is 1.92. The first-order valence-corrected chi connectivity index (χ1v) is 9.91. The van der Waals surface area contributed by atoms with Crippen molar-refractivity contribution >= 4 is 5.97 Å². The Labute approximate surface area is 151 Å². The normalized spacial score (nSPS) is 51.1. The number of hydrogen-bond donors (Lipinski definition) is 1. The lowest BCUT2D eigenvalue weighted by Gasteiger charge is -2.71. The second-order valence-corrected chi connectivity index (χ2v) is 9.67. The third-order valence-electron chi connectivity index (χ3n) is 7.89. The van der Waals surface area contributed by atoms with Gasteiger partial charge in [0.1, 0.15) is 0 Å². The second-order valence-electron chi connectivity index (χ2n) is 9.67. The van der Waals surface area contributed by atoms with Crippen molar-refractivity contribution in [3.05, 3.63) is 11.6 Å². The highest BCUT2D eigenvalue weighted by Crippen LogP contribution is 2.70. The molecule has 1 saturated heterocycles. The molecule has 5 aliphatic rings. The molecule has 5 rings (SSSR count).